The zero-order valence-electron chi connectivity index (χ0n) is 11.6. The molecule has 0 amide bonds. The van der Waals surface area contributed by atoms with E-state index in [0.717, 1.165) is 24.3 Å². The molecule has 1 aromatic carbocycles. The van der Waals surface area contributed by atoms with Gasteiger partial charge in [0.05, 0.1) is 0 Å². The molecule has 0 unspecified atom stereocenters. The van der Waals surface area contributed by atoms with Crippen LogP contribution in [-0.4, -0.2) is 17.2 Å². The molecule has 0 atom stereocenters. The number of nitrogens with zero attached hydrogens (tertiary/aromatic N) is 2. The number of hydrogen-bond donors (Lipinski definition) is 1. The van der Waals surface area contributed by atoms with E-state index >= 15 is 0 Å². The second-order valence-corrected chi connectivity index (χ2v) is 4.39. The average Bonchev–Trinajstić information content (AvgIpc) is 2.86. The van der Waals surface area contributed by atoms with Gasteiger partial charge in [0.25, 0.3) is 0 Å². The van der Waals surface area contributed by atoms with Crippen LogP contribution in [0.3, 0.4) is 0 Å². The Morgan fingerprint density at radius 3 is 2.89 bits per heavy atom. The summed E-state index contributed by atoms with van der Waals surface area (Å²) in [6, 6.07) is 6.12. The third kappa shape index (κ3) is 3.54. The normalized spacial score (nSPS) is 10.7. The van der Waals surface area contributed by atoms with Crippen molar-refractivity contribution in [3.05, 3.63) is 41.0 Å². The quantitative estimate of drug-likeness (QED) is 0.864. The number of ether oxygens (including phenoxy) is 1. The molecule has 19 heavy (non-hydrogen) atoms. The maximum atomic E-state index is 5.76. The van der Waals surface area contributed by atoms with E-state index in [4.69, 9.17) is 9.26 Å². The molecule has 5 heteroatoms. The average molecular weight is 261 g/mol. The molecule has 0 aliphatic heterocycles. The number of rotatable bonds is 6. The predicted octanol–water partition coefficient (Wildman–Crippen LogP) is 2.24. The van der Waals surface area contributed by atoms with Crippen LogP contribution in [0.25, 0.3) is 0 Å². The molecule has 5 nitrogen and oxygen atoms in total. The summed E-state index contributed by atoms with van der Waals surface area (Å²) < 4.78 is 10.8. The van der Waals surface area contributed by atoms with Crippen LogP contribution in [0.5, 0.6) is 5.75 Å². The Labute approximate surface area is 113 Å². The first-order valence-corrected chi connectivity index (χ1v) is 6.41. The second-order valence-electron chi connectivity index (χ2n) is 4.39. The van der Waals surface area contributed by atoms with E-state index in [2.05, 4.69) is 28.4 Å². The zero-order valence-corrected chi connectivity index (χ0v) is 11.6. The van der Waals surface area contributed by atoms with Gasteiger partial charge < -0.3 is 14.6 Å². The molecule has 102 valence electrons. The Hall–Kier alpha value is -1.88. The molecule has 0 bridgehead atoms. The molecule has 2 aromatic rings. The van der Waals surface area contributed by atoms with Gasteiger partial charge in [-0.25, -0.2) is 0 Å². The van der Waals surface area contributed by atoms with Crippen molar-refractivity contribution in [1.29, 1.82) is 0 Å². The van der Waals surface area contributed by atoms with Crippen molar-refractivity contribution < 1.29 is 9.26 Å². The van der Waals surface area contributed by atoms with Gasteiger partial charge in [-0.15, -0.1) is 0 Å². The van der Waals surface area contributed by atoms with Crippen LogP contribution in [-0.2, 0) is 19.6 Å². The van der Waals surface area contributed by atoms with E-state index in [9.17, 15) is 0 Å². The standard InChI is InChI=1S/C14H19N3O2/c1-4-14-16-13(17-19-14)9-18-12-6-5-10(2)7-11(12)8-15-3/h5-7,15H,4,8-9H2,1-3H3. The Morgan fingerprint density at radius 1 is 1.37 bits per heavy atom. The fourth-order valence-electron chi connectivity index (χ4n) is 1.81. The molecule has 0 saturated carbocycles. The summed E-state index contributed by atoms with van der Waals surface area (Å²) >= 11 is 0. The summed E-state index contributed by atoms with van der Waals surface area (Å²) in [5, 5.41) is 7.00. The lowest BCUT2D eigenvalue weighted by Gasteiger charge is -2.10. The third-order valence-electron chi connectivity index (χ3n) is 2.75. The highest BCUT2D eigenvalue weighted by Crippen LogP contribution is 2.20. The molecule has 1 heterocycles. The molecule has 1 N–H and O–H groups in total. The van der Waals surface area contributed by atoms with Crippen LogP contribution in [0.4, 0.5) is 0 Å². The molecule has 0 aliphatic carbocycles. The van der Waals surface area contributed by atoms with Crippen molar-refractivity contribution in [3.8, 4) is 5.75 Å². The maximum absolute atomic E-state index is 5.76. The molecule has 0 aliphatic rings. The van der Waals surface area contributed by atoms with Crippen LogP contribution in [0.2, 0.25) is 0 Å². The molecule has 0 saturated heterocycles. The van der Waals surface area contributed by atoms with Gasteiger partial charge in [0, 0.05) is 18.5 Å². The van der Waals surface area contributed by atoms with Gasteiger partial charge in [-0.1, -0.05) is 29.8 Å². The Balaban J connectivity index is 2.05. The Kier molecular flexibility index (Phi) is 4.52. The molecule has 0 fully saturated rings. The summed E-state index contributed by atoms with van der Waals surface area (Å²) in [6.07, 6.45) is 0.739. The zero-order chi connectivity index (χ0) is 13.7. The van der Waals surface area contributed by atoms with Crippen LogP contribution in [0, 0.1) is 6.92 Å². The first-order chi connectivity index (χ1) is 9.22. The van der Waals surface area contributed by atoms with Crippen molar-refractivity contribution in [3.63, 3.8) is 0 Å². The second kappa shape index (κ2) is 6.33. The highest BCUT2D eigenvalue weighted by Gasteiger charge is 2.08. The minimum atomic E-state index is 0.323. The fraction of sp³-hybridized carbons (Fsp3) is 0.429. The van der Waals surface area contributed by atoms with Crippen molar-refractivity contribution in [2.45, 2.75) is 33.4 Å². The molecule has 0 spiro atoms. The molecule has 2 rings (SSSR count). The maximum Gasteiger partial charge on any atom is 0.226 e. The fourth-order valence-corrected chi connectivity index (χ4v) is 1.81. The predicted molar refractivity (Wildman–Crippen MR) is 72.0 cm³/mol. The van der Waals surface area contributed by atoms with Crippen LogP contribution in [0.15, 0.2) is 22.7 Å². The van der Waals surface area contributed by atoms with Crippen LogP contribution >= 0.6 is 0 Å². The van der Waals surface area contributed by atoms with Crippen molar-refractivity contribution in [2.24, 2.45) is 0 Å². The summed E-state index contributed by atoms with van der Waals surface area (Å²) in [5.74, 6) is 2.06. The van der Waals surface area contributed by atoms with Gasteiger partial charge in [0.2, 0.25) is 11.7 Å². The van der Waals surface area contributed by atoms with Crippen LogP contribution < -0.4 is 10.1 Å². The first kappa shape index (κ1) is 13.5. The highest BCUT2D eigenvalue weighted by atomic mass is 16.5. The lowest BCUT2D eigenvalue weighted by Crippen LogP contribution is -2.08. The van der Waals surface area contributed by atoms with Crippen molar-refractivity contribution in [1.82, 2.24) is 15.5 Å². The number of aromatic nitrogens is 2. The largest absolute Gasteiger partial charge is 0.485 e. The van der Waals surface area contributed by atoms with Crippen LogP contribution in [0.1, 0.15) is 29.8 Å². The molecular weight excluding hydrogens is 242 g/mol. The van der Waals surface area contributed by atoms with E-state index < -0.39 is 0 Å². The van der Waals surface area contributed by atoms with E-state index in [-0.39, 0.29) is 0 Å². The summed E-state index contributed by atoms with van der Waals surface area (Å²) in [7, 11) is 1.92. The smallest absolute Gasteiger partial charge is 0.226 e. The highest BCUT2D eigenvalue weighted by molar-refractivity contribution is 5.36. The number of hydrogen-bond acceptors (Lipinski definition) is 5. The minimum Gasteiger partial charge on any atom is -0.485 e. The topological polar surface area (TPSA) is 60.2 Å². The van der Waals surface area contributed by atoms with E-state index in [1.807, 2.05) is 26.1 Å². The third-order valence-corrected chi connectivity index (χ3v) is 2.75. The minimum absolute atomic E-state index is 0.323. The number of aryl methyl sites for hydroxylation is 2. The SMILES string of the molecule is CCc1nc(COc2ccc(C)cc2CNC)no1. The molecule has 0 radical (unpaired) electrons. The Bertz CT molecular complexity index is 537. The molecular formula is C14H19N3O2. The van der Waals surface area contributed by atoms with Crippen molar-refractivity contribution in [2.75, 3.05) is 7.05 Å². The van der Waals surface area contributed by atoms with E-state index in [0.29, 0.717) is 18.3 Å². The Morgan fingerprint density at radius 2 is 2.21 bits per heavy atom. The van der Waals surface area contributed by atoms with Gasteiger partial charge in [0.1, 0.15) is 5.75 Å². The number of benzene rings is 1. The van der Waals surface area contributed by atoms with Gasteiger partial charge >= 0.3 is 0 Å². The van der Waals surface area contributed by atoms with Gasteiger partial charge in [-0.3, -0.25) is 0 Å². The van der Waals surface area contributed by atoms with Crippen molar-refractivity contribution >= 4 is 0 Å². The van der Waals surface area contributed by atoms with Gasteiger partial charge in [-0.2, -0.15) is 4.98 Å². The number of nitrogens with one attached hydrogen (secondary N) is 1. The molecule has 1 aromatic heterocycles. The van der Waals surface area contributed by atoms with Gasteiger partial charge in [0.15, 0.2) is 6.61 Å². The van der Waals surface area contributed by atoms with E-state index in [1.54, 1.807) is 0 Å². The van der Waals surface area contributed by atoms with E-state index in [1.165, 1.54) is 5.56 Å². The monoisotopic (exact) mass is 261 g/mol. The first-order valence-electron chi connectivity index (χ1n) is 6.41. The summed E-state index contributed by atoms with van der Waals surface area (Å²) in [5.41, 5.74) is 2.34. The lowest BCUT2D eigenvalue weighted by atomic mass is 10.1. The lowest BCUT2D eigenvalue weighted by molar-refractivity contribution is 0.282. The van der Waals surface area contributed by atoms with Gasteiger partial charge in [-0.05, 0) is 20.0 Å². The summed E-state index contributed by atoms with van der Waals surface area (Å²) in [4.78, 5) is 4.22. The summed E-state index contributed by atoms with van der Waals surface area (Å²) in [6.45, 7) is 5.13.